The molecule has 0 bridgehead atoms. The van der Waals surface area contributed by atoms with Crippen LogP contribution in [0, 0.1) is 0 Å². The van der Waals surface area contributed by atoms with Gasteiger partial charge in [0.25, 0.3) is 0 Å². The molecule has 1 N–H and O–H groups in total. The Labute approximate surface area is 108 Å². The first-order valence-electron chi connectivity index (χ1n) is 5.96. The minimum absolute atomic E-state index is 0.0528. The molecule has 0 aliphatic rings. The molecule has 0 fully saturated rings. The Kier molecular flexibility index (Phi) is 6.58. The summed E-state index contributed by atoms with van der Waals surface area (Å²) in [6, 6.07) is 7.54. The van der Waals surface area contributed by atoms with Gasteiger partial charge in [0.1, 0.15) is 5.75 Å². The molecular weight excluding hydrogens is 230 g/mol. The third kappa shape index (κ3) is 5.50. The molecule has 98 valence electrons. The summed E-state index contributed by atoms with van der Waals surface area (Å²) in [6.07, 6.45) is 4.06. The van der Waals surface area contributed by atoms with Gasteiger partial charge in [0.15, 0.2) is 6.61 Å². The summed E-state index contributed by atoms with van der Waals surface area (Å²) >= 11 is 0. The third-order valence-electron chi connectivity index (χ3n) is 2.17. The van der Waals surface area contributed by atoms with Crippen molar-refractivity contribution < 1.29 is 14.3 Å². The van der Waals surface area contributed by atoms with Gasteiger partial charge in [-0.1, -0.05) is 24.3 Å². The minimum Gasteiger partial charge on any atom is -0.482 e. The SMILES string of the molecule is CCOC(=O)COc1ccc(C=CCNC)cc1. The topological polar surface area (TPSA) is 47.6 Å². The molecule has 0 unspecified atom stereocenters. The lowest BCUT2D eigenvalue weighted by atomic mass is 10.2. The van der Waals surface area contributed by atoms with Crippen molar-refractivity contribution in [3.63, 3.8) is 0 Å². The number of ether oxygens (including phenoxy) is 2. The number of likely N-dealkylation sites (N-methyl/N-ethyl adjacent to an activating group) is 1. The second-order valence-corrected chi connectivity index (χ2v) is 3.62. The van der Waals surface area contributed by atoms with E-state index in [1.807, 2.05) is 43.5 Å². The van der Waals surface area contributed by atoms with Gasteiger partial charge in [-0.2, -0.15) is 0 Å². The van der Waals surface area contributed by atoms with Gasteiger partial charge in [-0.05, 0) is 31.7 Å². The van der Waals surface area contributed by atoms with Crippen LogP contribution in [0.15, 0.2) is 30.3 Å². The van der Waals surface area contributed by atoms with Gasteiger partial charge >= 0.3 is 5.97 Å². The van der Waals surface area contributed by atoms with E-state index in [9.17, 15) is 4.79 Å². The van der Waals surface area contributed by atoms with E-state index >= 15 is 0 Å². The van der Waals surface area contributed by atoms with E-state index in [-0.39, 0.29) is 12.6 Å². The first-order valence-corrected chi connectivity index (χ1v) is 5.96. The van der Waals surface area contributed by atoms with Crippen LogP contribution in [0.1, 0.15) is 12.5 Å². The average Bonchev–Trinajstić information content (AvgIpc) is 2.38. The number of nitrogens with one attached hydrogen (secondary N) is 1. The van der Waals surface area contributed by atoms with E-state index in [2.05, 4.69) is 5.32 Å². The molecular formula is C14H19NO3. The molecule has 1 aromatic rings. The standard InChI is InChI=1S/C14H19NO3/c1-3-17-14(16)11-18-13-8-6-12(7-9-13)5-4-10-15-2/h4-9,15H,3,10-11H2,1-2H3. The van der Waals surface area contributed by atoms with E-state index in [4.69, 9.17) is 9.47 Å². The maximum absolute atomic E-state index is 11.1. The average molecular weight is 249 g/mol. The Hall–Kier alpha value is -1.81. The molecule has 1 aromatic carbocycles. The van der Waals surface area contributed by atoms with Crippen molar-refractivity contribution in [2.45, 2.75) is 6.92 Å². The first kappa shape index (κ1) is 14.3. The molecule has 0 saturated heterocycles. The van der Waals surface area contributed by atoms with Crippen molar-refractivity contribution >= 4 is 12.0 Å². The molecule has 0 amide bonds. The number of carbonyl (C=O) groups excluding carboxylic acids is 1. The van der Waals surface area contributed by atoms with E-state index in [1.54, 1.807) is 6.92 Å². The Morgan fingerprint density at radius 2 is 2.06 bits per heavy atom. The monoisotopic (exact) mass is 249 g/mol. The van der Waals surface area contributed by atoms with Crippen molar-refractivity contribution in [1.29, 1.82) is 0 Å². The largest absolute Gasteiger partial charge is 0.482 e. The first-order chi connectivity index (χ1) is 8.76. The Bertz CT molecular complexity index is 385. The number of benzene rings is 1. The normalized spacial score (nSPS) is 10.6. The maximum atomic E-state index is 11.1. The van der Waals surface area contributed by atoms with Crippen molar-refractivity contribution in [3.05, 3.63) is 35.9 Å². The van der Waals surface area contributed by atoms with E-state index in [1.165, 1.54) is 0 Å². The van der Waals surface area contributed by atoms with Gasteiger partial charge in [-0.15, -0.1) is 0 Å². The van der Waals surface area contributed by atoms with E-state index in [0.29, 0.717) is 12.4 Å². The molecule has 0 heterocycles. The van der Waals surface area contributed by atoms with E-state index in [0.717, 1.165) is 12.1 Å². The van der Waals surface area contributed by atoms with E-state index < -0.39 is 0 Å². The summed E-state index contributed by atoms with van der Waals surface area (Å²) in [5.74, 6) is 0.310. The molecule has 0 aliphatic heterocycles. The highest BCUT2D eigenvalue weighted by Crippen LogP contribution is 2.13. The zero-order chi connectivity index (χ0) is 13.2. The Morgan fingerprint density at radius 1 is 1.33 bits per heavy atom. The molecule has 0 saturated carbocycles. The van der Waals surface area contributed by atoms with Crippen LogP contribution in [0.3, 0.4) is 0 Å². The van der Waals surface area contributed by atoms with Crippen LogP contribution < -0.4 is 10.1 Å². The highest BCUT2D eigenvalue weighted by Gasteiger charge is 2.02. The quantitative estimate of drug-likeness (QED) is 0.749. The van der Waals surface area contributed by atoms with Gasteiger partial charge in [-0.3, -0.25) is 0 Å². The second-order valence-electron chi connectivity index (χ2n) is 3.62. The van der Waals surface area contributed by atoms with Crippen LogP contribution in [-0.4, -0.2) is 32.8 Å². The van der Waals surface area contributed by atoms with Gasteiger partial charge < -0.3 is 14.8 Å². The van der Waals surface area contributed by atoms with Gasteiger partial charge in [-0.25, -0.2) is 4.79 Å². The van der Waals surface area contributed by atoms with Crippen LogP contribution in [0.2, 0.25) is 0 Å². The summed E-state index contributed by atoms with van der Waals surface area (Å²) in [5.41, 5.74) is 1.09. The molecule has 4 nitrogen and oxygen atoms in total. The number of hydrogen-bond acceptors (Lipinski definition) is 4. The lowest BCUT2D eigenvalue weighted by Crippen LogP contribution is -2.14. The number of carbonyl (C=O) groups is 1. The fraction of sp³-hybridized carbons (Fsp3) is 0.357. The van der Waals surface area contributed by atoms with Crippen molar-refractivity contribution in [2.75, 3.05) is 26.8 Å². The molecule has 18 heavy (non-hydrogen) atoms. The lowest BCUT2D eigenvalue weighted by molar-refractivity contribution is -0.145. The third-order valence-corrected chi connectivity index (χ3v) is 2.17. The Morgan fingerprint density at radius 3 is 2.67 bits per heavy atom. The summed E-state index contributed by atoms with van der Waals surface area (Å²) in [6.45, 7) is 2.92. The molecule has 0 radical (unpaired) electrons. The highest BCUT2D eigenvalue weighted by molar-refractivity contribution is 5.71. The van der Waals surface area contributed by atoms with Gasteiger partial charge in [0, 0.05) is 6.54 Å². The van der Waals surface area contributed by atoms with Crippen molar-refractivity contribution in [3.8, 4) is 5.75 Å². The molecule has 1 rings (SSSR count). The Balaban J connectivity index is 2.42. The number of hydrogen-bond donors (Lipinski definition) is 1. The smallest absolute Gasteiger partial charge is 0.344 e. The molecule has 0 atom stereocenters. The van der Waals surface area contributed by atoms with Gasteiger partial charge in [0.2, 0.25) is 0 Å². The fourth-order valence-electron chi connectivity index (χ4n) is 1.33. The zero-order valence-electron chi connectivity index (χ0n) is 10.8. The lowest BCUT2D eigenvalue weighted by Gasteiger charge is -2.05. The summed E-state index contributed by atoms with van der Waals surface area (Å²) in [5, 5.41) is 3.03. The van der Waals surface area contributed by atoms with Crippen molar-refractivity contribution in [2.24, 2.45) is 0 Å². The predicted molar refractivity (Wildman–Crippen MR) is 71.5 cm³/mol. The maximum Gasteiger partial charge on any atom is 0.344 e. The minimum atomic E-state index is -0.351. The van der Waals surface area contributed by atoms with Crippen LogP contribution >= 0.6 is 0 Å². The van der Waals surface area contributed by atoms with Gasteiger partial charge in [0.05, 0.1) is 6.61 Å². The fourth-order valence-corrected chi connectivity index (χ4v) is 1.33. The zero-order valence-corrected chi connectivity index (χ0v) is 10.8. The molecule has 0 spiro atoms. The van der Waals surface area contributed by atoms with Crippen LogP contribution in [-0.2, 0) is 9.53 Å². The summed E-state index contributed by atoms with van der Waals surface area (Å²) in [7, 11) is 1.90. The molecule has 4 heteroatoms. The van der Waals surface area contributed by atoms with Crippen LogP contribution in [0.25, 0.3) is 6.08 Å². The highest BCUT2D eigenvalue weighted by atomic mass is 16.6. The van der Waals surface area contributed by atoms with Crippen molar-refractivity contribution in [1.82, 2.24) is 5.32 Å². The van der Waals surface area contributed by atoms with Crippen LogP contribution in [0.4, 0.5) is 0 Å². The predicted octanol–water partition coefficient (Wildman–Crippen LogP) is 1.86. The number of esters is 1. The molecule has 0 aromatic heterocycles. The summed E-state index contributed by atoms with van der Waals surface area (Å²) < 4.78 is 10.1. The summed E-state index contributed by atoms with van der Waals surface area (Å²) in [4.78, 5) is 11.1. The number of rotatable bonds is 7. The molecule has 0 aliphatic carbocycles. The van der Waals surface area contributed by atoms with Crippen LogP contribution in [0.5, 0.6) is 5.75 Å². The second kappa shape index (κ2) is 8.31.